The highest BCUT2D eigenvalue weighted by atomic mass is 79.9. The van der Waals surface area contributed by atoms with Crippen LogP contribution in [0, 0.1) is 11.8 Å². The number of para-hydroxylation sites is 2. The summed E-state index contributed by atoms with van der Waals surface area (Å²) in [7, 11) is 0. The molecule has 2 aliphatic rings. The van der Waals surface area contributed by atoms with Gasteiger partial charge in [-0.05, 0) is 48.1 Å². The van der Waals surface area contributed by atoms with Gasteiger partial charge < -0.3 is 10.1 Å². The van der Waals surface area contributed by atoms with E-state index in [0.717, 1.165) is 22.9 Å². The summed E-state index contributed by atoms with van der Waals surface area (Å²) in [5.74, 6) is 1.30. The number of hydrogen-bond donors (Lipinski definition) is 1. The van der Waals surface area contributed by atoms with Crippen molar-refractivity contribution in [3.8, 4) is 5.75 Å². The Hall–Kier alpha value is -2.60. The Morgan fingerprint density at radius 2 is 1.90 bits per heavy atom. The molecule has 3 atom stereocenters. The van der Waals surface area contributed by atoms with E-state index in [9.17, 15) is 9.59 Å². The number of amides is 2. The number of benzene rings is 2. The summed E-state index contributed by atoms with van der Waals surface area (Å²) in [6.45, 7) is 4.40. The van der Waals surface area contributed by atoms with Gasteiger partial charge in [-0.15, -0.1) is 0 Å². The fourth-order valence-electron chi connectivity index (χ4n) is 4.33. The Balaban J connectivity index is 1.58. The normalized spacial score (nSPS) is 24.5. The van der Waals surface area contributed by atoms with E-state index in [4.69, 9.17) is 4.74 Å². The lowest BCUT2D eigenvalue weighted by molar-refractivity contribution is -0.124. The molecule has 0 radical (unpaired) electrons. The van der Waals surface area contributed by atoms with Crippen LogP contribution in [0.4, 0.5) is 5.69 Å². The van der Waals surface area contributed by atoms with E-state index in [2.05, 4.69) is 35.1 Å². The van der Waals surface area contributed by atoms with E-state index in [1.165, 1.54) is 11.3 Å². The van der Waals surface area contributed by atoms with Crippen molar-refractivity contribution in [1.82, 2.24) is 5.32 Å². The summed E-state index contributed by atoms with van der Waals surface area (Å²) in [5, 5.41) is 3.17. The first-order valence-electron chi connectivity index (χ1n) is 10.8. The second-order valence-electron chi connectivity index (χ2n) is 8.43. The van der Waals surface area contributed by atoms with Crippen molar-refractivity contribution in [3.05, 3.63) is 64.3 Å². The summed E-state index contributed by atoms with van der Waals surface area (Å²) in [6, 6.07) is 15.1. The summed E-state index contributed by atoms with van der Waals surface area (Å²) >= 11 is 3.51. The number of halogens is 1. The van der Waals surface area contributed by atoms with E-state index >= 15 is 0 Å². The molecule has 0 bridgehead atoms. The molecule has 1 heterocycles. The minimum Gasteiger partial charge on any atom is -0.449 e. The molecular weight excluding hydrogens is 456 g/mol. The number of hydrogen-bond acceptors (Lipinski definition) is 3. The molecule has 4 rings (SSSR count). The molecule has 1 saturated carbocycles. The molecule has 6 heteroatoms. The molecule has 0 aromatic heterocycles. The quantitative estimate of drug-likeness (QED) is 0.612. The van der Waals surface area contributed by atoms with Crippen molar-refractivity contribution < 1.29 is 14.3 Å². The Kier molecular flexibility index (Phi) is 6.46. The molecule has 31 heavy (non-hydrogen) atoms. The van der Waals surface area contributed by atoms with Gasteiger partial charge in [0.05, 0.1) is 5.69 Å². The van der Waals surface area contributed by atoms with Gasteiger partial charge >= 0.3 is 0 Å². The minimum atomic E-state index is -0.324. The van der Waals surface area contributed by atoms with Crippen LogP contribution in [-0.2, 0) is 9.59 Å². The molecule has 1 N–H and O–H groups in total. The maximum absolute atomic E-state index is 13.3. The van der Waals surface area contributed by atoms with Crippen LogP contribution in [0.1, 0.15) is 38.7 Å². The van der Waals surface area contributed by atoms with Gasteiger partial charge in [-0.3, -0.25) is 14.5 Å². The molecular formula is C25H27BrN2O3. The van der Waals surface area contributed by atoms with Crippen molar-refractivity contribution in [1.29, 1.82) is 0 Å². The molecule has 2 aromatic rings. The van der Waals surface area contributed by atoms with Gasteiger partial charge in [0.15, 0.2) is 11.5 Å². The van der Waals surface area contributed by atoms with Crippen molar-refractivity contribution >= 4 is 39.5 Å². The lowest BCUT2D eigenvalue weighted by Gasteiger charge is -2.35. The number of nitrogens with one attached hydrogen (secondary N) is 1. The van der Waals surface area contributed by atoms with Gasteiger partial charge in [0.1, 0.15) is 6.54 Å². The van der Waals surface area contributed by atoms with E-state index in [1.807, 2.05) is 42.5 Å². The number of nitrogens with zero attached hydrogens (tertiary/aromatic N) is 1. The smallest absolute Gasteiger partial charge is 0.294 e. The van der Waals surface area contributed by atoms with Gasteiger partial charge in [-0.2, -0.15) is 0 Å². The van der Waals surface area contributed by atoms with Crippen molar-refractivity contribution in [2.45, 2.75) is 39.2 Å². The third kappa shape index (κ3) is 4.69. The molecule has 5 nitrogen and oxygen atoms in total. The Morgan fingerprint density at radius 1 is 1.16 bits per heavy atom. The lowest BCUT2D eigenvalue weighted by Crippen LogP contribution is -2.49. The average molecular weight is 483 g/mol. The highest BCUT2D eigenvalue weighted by Crippen LogP contribution is 2.36. The van der Waals surface area contributed by atoms with Crippen LogP contribution in [0.3, 0.4) is 0 Å². The number of rotatable bonds is 4. The van der Waals surface area contributed by atoms with Crippen LogP contribution in [0.15, 0.2) is 58.8 Å². The fraction of sp³-hybridized carbons (Fsp3) is 0.360. The largest absolute Gasteiger partial charge is 0.449 e. The Morgan fingerprint density at radius 3 is 2.71 bits per heavy atom. The van der Waals surface area contributed by atoms with Crippen molar-refractivity contribution in [2.75, 3.05) is 11.4 Å². The van der Waals surface area contributed by atoms with Crippen LogP contribution < -0.4 is 15.0 Å². The maximum Gasteiger partial charge on any atom is 0.294 e. The molecule has 0 spiro atoms. The van der Waals surface area contributed by atoms with E-state index in [-0.39, 0.29) is 30.2 Å². The molecule has 162 valence electrons. The maximum atomic E-state index is 13.3. The second-order valence-corrected chi connectivity index (χ2v) is 9.29. The van der Waals surface area contributed by atoms with Crippen LogP contribution in [-0.4, -0.2) is 24.4 Å². The first-order valence-corrected chi connectivity index (χ1v) is 11.6. The van der Waals surface area contributed by atoms with Crippen molar-refractivity contribution in [2.24, 2.45) is 11.8 Å². The monoisotopic (exact) mass is 482 g/mol. The van der Waals surface area contributed by atoms with Gasteiger partial charge in [0, 0.05) is 10.5 Å². The van der Waals surface area contributed by atoms with E-state index in [0.29, 0.717) is 23.3 Å². The SMILES string of the molecule is CC1CCCC(NC(=O)CN2C(=O)/C(=C\c3ccccc3Br)Oc3ccccc32)C1C. The van der Waals surface area contributed by atoms with Crippen LogP contribution >= 0.6 is 15.9 Å². The summed E-state index contributed by atoms with van der Waals surface area (Å²) in [6.07, 6.45) is 5.01. The number of anilines is 1. The molecule has 2 amide bonds. The van der Waals surface area contributed by atoms with Gasteiger partial charge in [0.2, 0.25) is 5.91 Å². The fourth-order valence-corrected chi connectivity index (χ4v) is 4.73. The van der Waals surface area contributed by atoms with Gasteiger partial charge in [-0.25, -0.2) is 0 Å². The molecule has 1 aliphatic carbocycles. The zero-order valence-electron chi connectivity index (χ0n) is 17.8. The highest BCUT2D eigenvalue weighted by molar-refractivity contribution is 9.10. The van der Waals surface area contributed by atoms with E-state index in [1.54, 1.807) is 12.1 Å². The number of fused-ring (bicyclic) bond motifs is 1. The summed E-state index contributed by atoms with van der Waals surface area (Å²) < 4.78 is 6.78. The zero-order chi connectivity index (χ0) is 22.0. The number of ether oxygens (including phenoxy) is 1. The second kappa shape index (κ2) is 9.27. The molecule has 0 saturated heterocycles. The van der Waals surface area contributed by atoms with Crippen LogP contribution in [0.25, 0.3) is 6.08 Å². The van der Waals surface area contributed by atoms with Crippen LogP contribution in [0.5, 0.6) is 5.75 Å². The predicted molar refractivity (Wildman–Crippen MR) is 126 cm³/mol. The Labute approximate surface area is 191 Å². The minimum absolute atomic E-state index is 0.0376. The highest BCUT2D eigenvalue weighted by Gasteiger charge is 2.33. The molecule has 2 aromatic carbocycles. The Bertz CT molecular complexity index is 1020. The molecule has 1 aliphatic heterocycles. The number of carbonyl (C=O) groups excluding carboxylic acids is 2. The molecule has 3 unspecified atom stereocenters. The van der Waals surface area contributed by atoms with Gasteiger partial charge in [0.25, 0.3) is 5.91 Å². The van der Waals surface area contributed by atoms with E-state index < -0.39 is 0 Å². The third-order valence-corrected chi connectivity index (χ3v) is 7.10. The predicted octanol–water partition coefficient (Wildman–Crippen LogP) is 5.16. The average Bonchev–Trinajstić information content (AvgIpc) is 2.76. The third-order valence-electron chi connectivity index (χ3n) is 6.38. The van der Waals surface area contributed by atoms with Crippen LogP contribution in [0.2, 0.25) is 0 Å². The van der Waals surface area contributed by atoms with Gasteiger partial charge in [-0.1, -0.05) is 73.0 Å². The topological polar surface area (TPSA) is 58.6 Å². The van der Waals surface area contributed by atoms with Crippen molar-refractivity contribution in [3.63, 3.8) is 0 Å². The lowest BCUT2D eigenvalue weighted by atomic mass is 9.78. The number of carbonyl (C=O) groups is 2. The molecule has 1 fully saturated rings. The standard InChI is InChI=1S/C25H27BrN2O3/c1-16-8-7-11-20(17(16)2)27-24(29)15-28-21-12-5-6-13-22(21)31-23(25(28)30)14-18-9-3-4-10-19(18)26/h3-6,9-10,12-14,16-17,20H,7-8,11,15H2,1-2H3,(H,27,29)/b23-14+. The summed E-state index contributed by atoms with van der Waals surface area (Å²) in [4.78, 5) is 27.7. The first-order chi connectivity index (χ1) is 14.9. The zero-order valence-corrected chi connectivity index (χ0v) is 19.4. The summed E-state index contributed by atoms with van der Waals surface area (Å²) in [5.41, 5.74) is 1.44. The first kappa shape index (κ1) is 21.6.